The Morgan fingerprint density at radius 2 is 1.73 bits per heavy atom. The highest BCUT2D eigenvalue weighted by molar-refractivity contribution is 6.08. The Morgan fingerprint density at radius 3 is 2.46 bits per heavy atom. The van der Waals surface area contributed by atoms with Gasteiger partial charge in [0.2, 0.25) is 11.7 Å². The molecule has 1 saturated heterocycles. The molecule has 1 N–H and O–H groups in total. The first kappa shape index (κ1) is 24.1. The van der Waals surface area contributed by atoms with Gasteiger partial charge in [-0.05, 0) is 49.2 Å². The smallest absolute Gasteiger partial charge is 0.303 e. The maximum Gasteiger partial charge on any atom is 0.303 e. The average Bonchev–Trinajstić information content (AvgIpc) is 3.37. The molecule has 10 heteroatoms. The lowest BCUT2D eigenvalue weighted by Crippen LogP contribution is -2.40. The molecule has 1 aliphatic heterocycles. The highest BCUT2D eigenvalue weighted by atomic mass is 16.5. The van der Waals surface area contributed by atoms with Gasteiger partial charge in [0, 0.05) is 43.9 Å². The minimum absolute atomic E-state index is 0.0652. The molecule has 0 aliphatic carbocycles. The first-order valence-corrected chi connectivity index (χ1v) is 12.0. The summed E-state index contributed by atoms with van der Waals surface area (Å²) in [4.78, 5) is 54.1. The number of para-hydroxylation sites is 2. The second-order valence-corrected chi connectivity index (χ2v) is 8.74. The van der Waals surface area contributed by atoms with Crippen molar-refractivity contribution in [2.45, 2.75) is 25.7 Å². The third-order valence-electron chi connectivity index (χ3n) is 6.26. The number of hydrogen-bond acceptors (Lipinski definition) is 8. The summed E-state index contributed by atoms with van der Waals surface area (Å²) >= 11 is 0. The minimum atomic E-state index is -0.475. The molecule has 0 atom stereocenters. The van der Waals surface area contributed by atoms with E-state index in [9.17, 15) is 14.4 Å². The molecule has 0 unspecified atom stereocenters. The van der Waals surface area contributed by atoms with Crippen molar-refractivity contribution in [3.63, 3.8) is 0 Å². The molecule has 2 aromatic heterocycles. The second kappa shape index (κ2) is 10.6. The summed E-state index contributed by atoms with van der Waals surface area (Å²) in [6.07, 6.45) is 4.56. The van der Waals surface area contributed by atoms with E-state index in [1.807, 2.05) is 24.3 Å². The van der Waals surface area contributed by atoms with Crippen LogP contribution in [0.3, 0.4) is 0 Å². The van der Waals surface area contributed by atoms with Gasteiger partial charge in [0.1, 0.15) is 11.4 Å². The molecule has 5 rings (SSSR count). The highest BCUT2D eigenvalue weighted by Gasteiger charge is 2.27. The van der Waals surface area contributed by atoms with E-state index in [4.69, 9.17) is 9.47 Å². The van der Waals surface area contributed by atoms with Crippen molar-refractivity contribution in [1.82, 2.24) is 24.8 Å². The maximum absolute atomic E-state index is 12.9. The van der Waals surface area contributed by atoms with Crippen molar-refractivity contribution in [2.75, 3.05) is 19.7 Å². The fraction of sp³-hybridized carbons (Fsp3) is 0.259. The molecule has 2 aromatic carbocycles. The number of imidazole rings is 1. The number of benzene rings is 2. The van der Waals surface area contributed by atoms with E-state index in [0.29, 0.717) is 43.1 Å². The van der Waals surface area contributed by atoms with Crippen molar-refractivity contribution in [1.29, 1.82) is 0 Å². The zero-order chi connectivity index (χ0) is 25.8. The molecule has 188 valence electrons. The van der Waals surface area contributed by atoms with Gasteiger partial charge in [-0.2, -0.15) is 0 Å². The molecule has 37 heavy (non-hydrogen) atoms. The number of hydrogen-bond donors (Lipinski definition) is 1. The second-order valence-electron chi connectivity index (χ2n) is 8.74. The lowest BCUT2D eigenvalue weighted by Gasteiger charge is -2.31. The van der Waals surface area contributed by atoms with E-state index in [1.165, 1.54) is 6.92 Å². The van der Waals surface area contributed by atoms with Crippen molar-refractivity contribution in [3.8, 4) is 11.6 Å². The summed E-state index contributed by atoms with van der Waals surface area (Å²) in [6.45, 7) is 2.09. The topological polar surface area (TPSA) is 127 Å². The van der Waals surface area contributed by atoms with E-state index < -0.39 is 5.97 Å². The summed E-state index contributed by atoms with van der Waals surface area (Å²) in [5.74, 6) is 0.371. The summed E-state index contributed by atoms with van der Waals surface area (Å²) in [7, 11) is 0. The molecule has 0 bridgehead atoms. The Morgan fingerprint density at radius 1 is 1.00 bits per heavy atom. The first-order chi connectivity index (χ1) is 18.0. The molecular formula is C27H25N5O5. The van der Waals surface area contributed by atoms with Gasteiger partial charge in [0.05, 0.1) is 11.0 Å². The van der Waals surface area contributed by atoms with Crippen LogP contribution in [-0.2, 0) is 14.3 Å². The van der Waals surface area contributed by atoms with Crippen LogP contribution in [0.2, 0.25) is 0 Å². The number of likely N-dealkylation sites (tertiary alicyclic amines) is 1. The predicted octanol–water partition coefficient (Wildman–Crippen LogP) is 3.65. The number of ketones is 1. The number of nitrogens with zero attached hydrogens (tertiary/aromatic N) is 4. The number of carbonyl (C=O) groups excluding carboxylic acids is 3. The largest absolute Gasteiger partial charge is 0.456 e. The molecule has 1 fully saturated rings. The molecular weight excluding hydrogens is 474 g/mol. The van der Waals surface area contributed by atoms with Crippen LogP contribution in [0, 0.1) is 0 Å². The van der Waals surface area contributed by atoms with Gasteiger partial charge >= 0.3 is 5.97 Å². The van der Waals surface area contributed by atoms with Gasteiger partial charge in [-0.25, -0.2) is 9.97 Å². The van der Waals surface area contributed by atoms with Crippen LogP contribution in [0.5, 0.6) is 11.6 Å². The van der Waals surface area contributed by atoms with Crippen LogP contribution >= 0.6 is 0 Å². The minimum Gasteiger partial charge on any atom is -0.456 e. The van der Waals surface area contributed by atoms with Gasteiger partial charge in [-0.15, -0.1) is 0 Å². The number of nitrogens with one attached hydrogen (secondary N) is 1. The number of fused-ring (bicyclic) bond motifs is 1. The molecule has 1 amide bonds. The summed E-state index contributed by atoms with van der Waals surface area (Å²) < 4.78 is 10.9. The van der Waals surface area contributed by atoms with Crippen LogP contribution in [0.1, 0.15) is 47.6 Å². The highest BCUT2D eigenvalue weighted by Crippen LogP contribution is 2.33. The third-order valence-corrected chi connectivity index (χ3v) is 6.26. The standard InChI is InChI=1S/C27H25N5O5/c1-17(33)36-16-23(34)32-14-10-18(11-15-32)24-27(29-13-12-28-24)37-20-8-6-19(7-9-20)25(35)26-30-21-4-2-3-5-22(21)31-26/h2-9,12-13,18H,10-11,14-16H2,1H3,(H,30,31). The molecule has 3 heterocycles. The normalized spacial score (nSPS) is 13.9. The van der Waals surface area contributed by atoms with Crippen LogP contribution < -0.4 is 4.74 Å². The monoisotopic (exact) mass is 499 g/mol. The van der Waals surface area contributed by atoms with Gasteiger partial charge in [0.15, 0.2) is 12.4 Å². The lowest BCUT2D eigenvalue weighted by molar-refractivity contribution is -0.150. The third kappa shape index (κ3) is 5.48. The van der Waals surface area contributed by atoms with Crippen molar-refractivity contribution in [2.24, 2.45) is 0 Å². The number of amides is 1. The average molecular weight is 500 g/mol. The Balaban J connectivity index is 1.24. The van der Waals surface area contributed by atoms with Crippen molar-refractivity contribution >= 4 is 28.7 Å². The number of esters is 1. The summed E-state index contributed by atoms with van der Waals surface area (Å²) in [5, 5.41) is 0. The van der Waals surface area contributed by atoms with E-state index in [0.717, 1.165) is 16.7 Å². The van der Waals surface area contributed by atoms with E-state index in [2.05, 4.69) is 19.9 Å². The fourth-order valence-electron chi connectivity index (χ4n) is 4.33. The number of carbonyl (C=O) groups is 3. The van der Waals surface area contributed by atoms with E-state index >= 15 is 0 Å². The van der Waals surface area contributed by atoms with Crippen molar-refractivity contribution < 1.29 is 23.9 Å². The first-order valence-electron chi connectivity index (χ1n) is 12.0. The quantitative estimate of drug-likeness (QED) is 0.302. The Kier molecular flexibility index (Phi) is 6.89. The van der Waals surface area contributed by atoms with Crippen LogP contribution in [0.15, 0.2) is 60.9 Å². The summed E-state index contributed by atoms with van der Waals surface area (Å²) in [6, 6.07) is 14.3. The van der Waals surface area contributed by atoms with Gasteiger partial charge in [-0.3, -0.25) is 19.4 Å². The zero-order valence-electron chi connectivity index (χ0n) is 20.2. The number of ether oxygens (including phenoxy) is 2. The Bertz CT molecular complexity index is 1410. The lowest BCUT2D eigenvalue weighted by atomic mass is 9.93. The number of aromatic amines is 1. The molecule has 0 spiro atoms. The van der Waals surface area contributed by atoms with Crippen LogP contribution in [0.4, 0.5) is 0 Å². The molecule has 0 radical (unpaired) electrons. The predicted molar refractivity (Wildman–Crippen MR) is 133 cm³/mol. The zero-order valence-corrected chi connectivity index (χ0v) is 20.2. The number of aromatic nitrogens is 4. The van der Waals surface area contributed by atoms with Crippen molar-refractivity contribution in [3.05, 3.63) is 78.0 Å². The van der Waals surface area contributed by atoms with Gasteiger partial charge in [0.25, 0.3) is 5.91 Å². The number of rotatable bonds is 7. The molecule has 0 saturated carbocycles. The molecule has 10 nitrogen and oxygen atoms in total. The Labute approximate surface area is 212 Å². The molecule has 4 aromatic rings. The van der Waals surface area contributed by atoms with Crippen LogP contribution in [-0.4, -0.2) is 62.2 Å². The van der Waals surface area contributed by atoms with Gasteiger partial charge in [-0.1, -0.05) is 12.1 Å². The maximum atomic E-state index is 12.9. The van der Waals surface area contributed by atoms with E-state index in [1.54, 1.807) is 41.6 Å². The Hall–Kier alpha value is -4.60. The number of H-pyrrole nitrogens is 1. The summed E-state index contributed by atoms with van der Waals surface area (Å²) in [5.41, 5.74) is 2.75. The van der Waals surface area contributed by atoms with E-state index in [-0.39, 0.29) is 30.0 Å². The van der Waals surface area contributed by atoms with Gasteiger partial charge < -0.3 is 19.4 Å². The number of piperidine rings is 1. The SMILES string of the molecule is CC(=O)OCC(=O)N1CCC(c2nccnc2Oc2ccc(C(=O)c3nc4ccccc4[nH]3)cc2)CC1. The fourth-order valence-corrected chi connectivity index (χ4v) is 4.33. The molecule has 1 aliphatic rings. The van der Waals surface area contributed by atoms with Crippen LogP contribution in [0.25, 0.3) is 11.0 Å².